The first kappa shape index (κ1) is 17.4. The molecule has 0 aliphatic rings. The fraction of sp³-hybridized carbons (Fsp3) is 0.462. The number of carbonyl (C=O) groups excluding carboxylic acids is 1. The van der Waals surface area contributed by atoms with E-state index in [0.29, 0.717) is 5.75 Å². The average molecular weight is 316 g/mol. The van der Waals surface area contributed by atoms with Gasteiger partial charge in [0.05, 0.1) is 20.6 Å². The van der Waals surface area contributed by atoms with E-state index in [9.17, 15) is 13.2 Å². The van der Waals surface area contributed by atoms with Gasteiger partial charge in [-0.25, -0.2) is 0 Å². The lowest BCUT2D eigenvalue weighted by molar-refractivity contribution is -0.140. The molecule has 0 aromatic heterocycles. The number of ether oxygens (including phenoxy) is 2. The fourth-order valence-electron chi connectivity index (χ4n) is 1.54. The fourth-order valence-corrected chi connectivity index (χ4v) is 2.44. The number of methoxy groups -OCH3 is 2. The number of benzene rings is 1. The molecule has 0 bridgehead atoms. The van der Waals surface area contributed by atoms with Gasteiger partial charge in [0.2, 0.25) is 0 Å². The van der Waals surface area contributed by atoms with E-state index in [0.717, 1.165) is 9.87 Å². The lowest BCUT2D eigenvalue weighted by atomic mass is 10.2. The quantitative estimate of drug-likeness (QED) is 0.707. The van der Waals surface area contributed by atoms with Gasteiger partial charge in [0.25, 0.3) is 10.2 Å². The Morgan fingerprint density at radius 1 is 1.33 bits per heavy atom. The van der Waals surface area contributed by atoms with Gasteiger partial charge in [0, 0.05) is 20.1 Å². The van der Waals surface area contributed by atoms with Crippen LogP contribution in [-0.4, -0.2) is 46.5 Å². The summed E-state index contributed by atoms with van der Waals surface area (Å²) in [5, 5.41) is 0. The summed E-state index contributed by atoms with van der Waals surface area (Å²) in [6, 6.07) is 7.10. The van der Waals surface area contributed by atoms with Crippen LogP contribution in [-0.2, 0) is 26.3 Å². The molecule has 0 amide bonds. The third kappa shape index (κ3) is 5.70. The van der Waals surface area contributed by atoms with Crippen molar-refractivity contribution in [3.63, 3.8) is 0 Å². The van der Waals surface area contributed by atoms with E-state index < -0.39 is 16.2 Å². The zero-order valence-electron chi connectivity index (χ0n) is 12.3. The van der Waals surface area contributed by atoms with Gasteiger partial charge in [0.15, 0.2) is 0 Å². The Morgan fingerprint density at radius 2 is 2.05 bits per heavy atom. The van der Waals surface area contributed by atoms with Crippen LogP contribution in [0.1, 0.15) is 12.0 Å². The van der Waals surface area contributed by atoms with Crippen molar-refractivity contribution in [3.05, 3.63) is 29.8 Å². The minimum Gasteiger partial charge on any atom is -0.497 e. The molecule has 7 nitrogen and oxygen atoms in total. The second-order valence-electron chi connectivity index (χ2n) is 4.33. The van der Waals surface area contributed by atoms with Crippen molar-refractivity contribution in [2.75, 3.05) is 27.8 Å². The normalized spacial score (nSPS) is 11.4. The van der Waals surface area contributed by atoms with E-state index >= 15 is 0 Å². The van der Waals surface area contributed by atoms with Crippen LogP contribution >= 0.6 is 0 Å². The summed E-state index contributed by atoms with van der Waals surface area (Å²) in [5.41, 5.74) is 0.777. The lowest BCUT2D eigenvalue weighted by Gasteiger charge is -2.17. The van der Waals surface area contributed by atoms with Gasteiger partial charge >= 0.3 is 5.97 Å². The van der Waals surface area contributed by atoms with E-state index in [1.807, 2.05) is 0 Å². The Bertz CT molecular complexity index is 574. The van der Waals surface area contributed by atoms with Crippen molar-refractivity contribution < 1.29 is 22.7 Å². The topological polar surface area (TPSA) is 84.9 Å². The molecule has 0 atom stereocenters. The minimum atomic E-state index is -3.65. The first-order chi connectivity index (χ1) is 9.89. The molecule has 0 saturated carbocycles. The molecular formula is C13H20N2O5S. The van der Waals surface area contributed by atoms with Gasteiger partial charge in [-0.1, -0.05) is 12.1 Å². The van der Waals surface area contributed by atoms with Gasteiger partial charge < -0.3 is 9.47 Å². The number of carbonyl (C=O) groups is 1. The molecule has 1 rings (SSSR count). The summed E-state index contributed by atoms with van der Waals surface area (Å²) in [5.74, 6) is 0.204. The van der Waals surface area contributed by atoms with Crippen LogP contribution in [0.5, 0.6) is 5.75 Å². The second kappa shape index (κ2) is 7.96. The average Bonchev–Trinajstić information content (AvgIpc) is 2.50. The largest absolute Gasteiger partial charge is 0.497 e. The first-order valence-electron chi connectivity index (χ1n) is 6.29. The Balaban J connectivity index is 2.57. The maximum atomic E-state index is 12.0. The van der Waals surface area contributed by atoms with Crippen molar-refractivity contribution in [2.45, 2.75) is 13.0 Å². The minimum absolute atomic E-state index is 0.00701. The van der Waals surface area contributed by atoms with Crippen LogP contribution in [0.4, 0.5) is 0 Å². The highest BCUT2D eigenvalue weighted by atomic mass is 32.2. The van der Waals surface area contributed by atoms with E-state index in [-0.39, 0.29) is 19.5 Å². The van der Waals surface area contributed by atoms with Crippen molar-refractivity contribution in [2.24, 2.45) is 0 Å². The second-order valence-corrected chi connectivity index (χ2v) is 6.19. The summed E-state index contributed by atoms with van der Waals surface area (Å²) in [6.07, 6.45) is 0.00701. The van der Waals surface area contributed by atoms with E-state index in [1.165, 1.54) is 14.2 Å². The van der Waals surface area contributed by atoms with Crippen LogP contribution < -0.4 is 9.46 Å². The highest BCUT2D eigenvalue weighted by Gasteiger charge is 2.18. The summed E-state index contributed by atoms with van der Waals surface area (Å²) < 4.78 is 37.1. The number of rotatable bonds is 8. The molecule has 0 heterocycles. The van der Waals surface area contributed by atoms with Gasteiger partial charge in [0.1, 0.15) is 5.75 Å². The van der Waals surface area contributed by atoms with E-state index in [4.69, 9.17) is 4.74 Å². The predicted molar refractivity (Wildman–Crippen MR) is 78.0 cm³/mol. The smallest absolute Gasteiger partial charge is 0.306 e. The third-order valence-corrected chi connectivity index (χ3v) is 4.37. The maximum absolute atomic E-state index is 12.0. The van der Waals surface area contributed by atoms with Gasteiger partial charge in [-0.05, 0) is 17.7 Å². The SMILES string of the molecule is COC(=O)CCN(C)S(=O)(=O)NCc1cccc(OC)c1. The van der Waals surface area contributed by atoms with Gasteiger partial charge in [-0.15, -0.1) is 0 Å². The molecule has 118 valence electrons. The molecule has 21 heavy (non-hydrogen) atoms. The lowest BCUT2D eigenvalue weighted by Crippen LogP contribution is -2.38. The summed E-state index contributed by atoms with van der Waals surface area (Å²) in [7, 11) is 0.560. The van der Waals surface area contributed by atoms with Crippen molar-refractivity contribution in [1.29, 1.82) is 0 Å². The van der Waals surface area contributed by atoms with Crippen molar-refractivity contribution >= 4 is 16.2 Å². The van der Waals surface area contributed by atoms with Crippen LogP contribution in [0.15, 0.2) is 24.3 Å². The summed E-state index contributed by atoms with van der Waals surface area (Å²) >= 11 is 0. The number of hydrogen-bond acceptors (Lipinski definition) is 5. The van der Waals surface area contributed by atoms with Crippen LogP contribution in [0.25, 0.3) is 0 Å². The zero-order valence-corrected chi connectivity index (χ0v) is 13.1. The Kier molecular flexibility index (Phi) is 6.60. The molecule has 0 spiro atoms. The highest BCUT2D eigenvalue weighted by Crippen LogP contribution is 2.12. The summed E-state index contributed by atoms with van der Waals surface area (Å²) in [4.78, 5) is 11.0. The monoisotopic (exact) mass is 316 g/mol. The Morgan fingerprint density at radius 3 is 2.67 bits per heavy atom. The van der Waals surface area contributed by atoms with Crippen molar-refractivity contribution in [1.82, 2.24) is 9.03 Å². The number of nitrogens with one attached hydrogen (secondary N) is 1. The third-order valence-electron chi connectivity index (χ3n) is 2.86. The molecular weight excluding hydrogens is 296 g/mol. The first-order valence-corrected chi connectivity index (χ1v) is 7.73. The van der Waals surface area contributed by atoms with Crippen LogP contribution in [0, 0.1) is 0 Å². The predicted octanol–water partition coefficient (Wildman–Crippen LogP) is 0.525. The molecule has 0 fully saturated rings. The van der Waals surface area contributed by atoms with Gasteiger partial charge in [-0.3, -0.25) is 4.79 Å². The molecule has 0 unspecified atom stereocenters. The molecule has 1 N–H and O–H groups in total. The summed E-state index contributed by atoms with van der Waals surface area (Å²) in [6.45, 7) is 0.197. The molecule has 0 aliphatic heterocycles. The van der Waals surface area contributed by atoms with Crippen LogP contribution in [0.2, 0.25) is 0 Å². The molecule has 1 aromatic rings. The molecule has 0 aliphatic carbocycles. The molecule has 8 heteroatoms. The Labute approximate surface area is 125 Å². The molecule has 1 aromatic carbocycles. The van der Waals surface area contributed by atoms with Gasteiger partial charge in [-0.2, -0.15) is 17.4 Å². The van der Waals surface area contributed by atoms with E-state index in [1.54, 1.807) is 31.4 Å². The maximum Gasteiger partial charge on any atom is 0.306 e. The van der Waals surface area contributed by atoms with E-state index in [2.05, 4.69) is 9.46 Å². The highest BCUT2D eigenvalue weighted by molar-refractivity contribution is 7.87. The number of esters is 1. The molecule has 0 radical (unpaired) electrons. The number of nitrogens with zero attached hydrogens (tertiary/aromatic N) is 1. The standard InChI is InChI=1S/C13H20N2O5S/c1-15(8-7-13(16)20-3)21(17,18)14-10-11-5-4-6-12(9-11)19-2/h4-6,9,14H,7-8,10H2,1-3H3. The van der Waals surface area contributed by atoms with Crippen LogP contribution in [0.3, 0.4) is 0 Å². The Hall–Kier alpha value is -1.64. The number of hydrogen-bond donors (Lipinski definition) is 1. The zero-order chi connectivity index (χ0) is 15.9. The van der Waals surface area contributed by atoms with Crippen molar-refractivity contribution in [3.8, 4) is 5.75 Å². The molecule has 0 saturated heterocycles.